The van der Waals surface area contributed by atoms with Crippen LogP contribution in [0.1, 0.15) is 155 Å². The molecule has 0 N–H and O–H groups in total. The summed E-state index contributed by atoms with van der Waals surface area (Å²) in [6.07, 6.45) is 0. The Kier molecular flexibility index (Phi) is 10.2. The normalized spacial score (nSPS) is 24.5. The molecule has 2 aliphatic heterocycles. The van der Waals surface area contributed by atoms with E-state index in [1.807, 2.05) is 21.1 Å². The minimum absolute atomic E-state index is 0. The van der Waals surface area contributed by atoms with E-state index < -0.39 is 0 Å². The van der Waals surface area contributed by atoms with Gasteiger partial charge in [0.25, 0.3) is 0 Å². The van der Waals surface area contributed by atoms with E-state index in [0.717, 1.165) is 23.0 Å². The lowest BCUT2D eigenvalue weighted by Gasteiger charge is -2.61. The van der Waals surface area contributed by atoms with Gasteiger partial charge in [-0.2, -0.15) is 34.8 Å². The third kappa shape index (κ3) is 5.53. The molecule has 5 heterocycles. The van der Waals surface area contributed by atoms with Crippen LogP contribution >= 0.6 is 0 Å². The highest BCUT2D eigenvalue weighted by molar-refractivity contribution is 5.68. The standard InChI is InChI=1S/C15H27N3.C13H24N4.C11H21N5.CH4/c1-12(2)10-11(17-18(9)16-10)13(3,4)15(7,8)14(12,5)6;1-11(2)9-10(15-17(8)14-9)12(3,4)16(7)13(11,5)6;1-10(2)11(3,4)15(6)9-8(14(10)5)12-16(7)13-9;/h1-9H3;1-8H3;1-7H3;1H4. The van der Waals surface area contributed by atoms with Crippen molar-refractivity contribution in [1.82, 2.24) is 49.9 Å². The Labute approximate surface area is 317 Å². The van der Waals surface area contributed by atoms with Gasteiger partial charge in [-0.3, -0.25) is 4.90 Å². The molecule has 3 aromatic heterocycles. The van der Waals surface area contributed by atoms with Crippen LogP contribution in [0.3, 0.4) is 0 Å². The van der Waals surface area contributed by atoms with E-state index in [9.17, 15) is 0 Å². The van der Waals surface area contributed by atoms with E-state index in [-0.39, 0.29) is 56.7 Å². The highest BCUT2D eigenvalue weighted by Gasteiger charge is 2.63. The van der Waals surface area contributed by atoms with Gasteiger partial charge in [0.15, 0.2) is 11.6 Å². The Balaban J connectivity index is 0.000000209. The molecular formula is C40H76N12. The van der Waals surface area contributed by atoms with Gasteiger partial charge in [0, 0.05) is 57.0 Å². The van der Waals surface area contributed by atoms with Crippen LogP contribution in [0.2, 0.25) is 0 Å². The van der Waals surface area contributed by atoms with Gasteiger partial charge in [-0.25, -0.2) is 0 Å². The molecule has 0 unspecified atom stereocenters. The predicted molar refractivity (Wildman–Crippen MR) is 216 cm³/mol. The second-order valence-electron chi connectivity index (χ2n) is 20.1. The van der Waals surface area contributed by atoms with Crippen LogP contribution in [-0.4, -0.2) is 87.6 Å². The molecule has 0 radical (unpaired) electrons. The fraction of sp³-hybridized carbons (Fsp3) is 0.850. The van der Waals surface area contributed by atoms with Gasteiger partial charge in [0.1, 0.15) is 5.69 Å². The third-order valence-corrected chi connectivity index (χ3v) is 16.2. The summed E-state index contributed by atoms with van der Waals surface area (Å²) < 4.78 is 0. The summed E-state index contributed by atoms with van der Waals surface area (Å²) in [5.41, 5.74) is 4.86. The second kappa shape index (κ2) is 12.2. The minimum atomic E-state index is -0.0807. The molecule has 52 heavy (non-hydrogen) atoms. The SMILES string of the molecule is C.CN1C(C)(C)c2nn(C)nc2C(C)(C)C1(C)C.CN1c2nn(C)nc2N(C)C(C)(C)C1(C)C.Cn1nc2c(n1)C(C)(C)C(C)(C)C(C)(C)C2(C)C. The number of hydrogen-bond donors (Lipinski definition) is 0. The monoisotopic (exact) mass is 725 g/mol. The fourth-order valence-electron chi connectivity index (χ4n) is 8.38. The average molecular weight is 725 g/mol. The van der Waals surface area contributed by atoms with Crippen LogP contribution in [0, 0.1) is 10.8 Å². The summed E-state index contributed by atoms with van der Waals surface area (Å²) in [6.45, 7) is 41.2. The number of nitrogens with zero attached hydrogens (tertiary/aromatic N) is 12. The maximum atomic E-state index is 4.67. The Morgan fingerprint density at radius 1 is 0.346 bits per heavy atom. The Hall–Kier alpha value is -3.02. The van der Waals surface area contributed by atoms with Crippen molar-refractivity contribution in [1.29, 1.82) is 0 Å². The van der Waals surface area contributed by atoms with Crippen molar-refractivity contribution in [3.8, 4) is 0 Å². The van der Waals surface area contributed by atoms with Gasteiger partial charge >= 0.3 is 0 Å². The zero-order valence-corrected chi connectivity index (χ0v) is 36.9. The lowest BCUT2D eigenvalue weighted by atomic mass is 9.42. The first-order valence-electron chi connectivity index (χ1n) is 18.6. The molecule has 0 atom stereocenters. The predicted octanol–water partition coefficient (Wildman–Crippen LogP) is 7.38. The zero-order valence-electron chi connectivity index (χ0n) is 36.9. The molecule has 1 aliphatic carbocycles. The molecule has 0 fully saturated rings. The molecule has 6 rings (SSSR count). The van der Waals surface area contributed by atoms with Gasteiger partial charge in [-0.1, -0.05) is 76.7 Å². The molecule has 296 valence electrons. The highest BCUT2D eigenvalue weighted by atomic mass is 15.6. The van der Waals surface area contributed by atoms with Crippen molar-refractivity contribution in [3.63, 3.8) is 0 Å². The first-order valence-corrected chi connectivity index (χ1v) is 18.6. The Bertz CT molecular complexity index is 1690. The van der Waals surface area contributed by atoms with E-state index >= 15 is 0 Å². The molecule has 12 heteroatoms. The van der Waals surface area contributed by atoms with Crippen LogP contribution in [0.15, 0.2) is 0 Å². The molecule has 0 saturated heterocycles. The summed E-state index contributed by atoms with van der Waals surface area (Å²) in [4.78, 5) is 11.9. The number of fused-ring (bicyclic) bond motifs is 3. The van der Waals surface area contributed by atoms with E-state index in [0.29, 0.717) is 0 Å². The van der Waals surface area contributed by atoms with Gasteiger partial charge in [0.05, 0.1) is 33.7 Å². The maximum absolute atomic E-state index is 4.67. The molecule has 0 aromatic carbocycles. The maximum Gasteiger partial charge on any atom is 0.196 e. The number of likely N-dealkylation sites (N-methyl/N-ethyl adjacent to an activating group) is 3. The lowest BCUT2D eigenvalue weighted by molar-refractivity contribution is -0.0473. The molecule has 0 spiro atoms. The number of aromatic nitrogens is 9. The van der Waals surface area contributed by atoms with Gasteiger partial charge in [-0.05, 0) is 73.3 Å². The van der Waals surface area contributed by atoms with Gasteiger partial charge in [0.2, 0.25) is 0 Å². The van der Waals surface area contributed by atoms with Crippen molar-refractivity contribution in [2.24, 2.45) is 32.0 Å². The van der Waals surface area contributed by atoms with E-state index in [4.69, 9.17) is 0 Å². The molecule has 12 nitrogen and oxygen atoms in total. The van der Waals surface area contributed by atoms with Crippen LogP contribution in [0.4, 0.5) is 11.6 Å². The third-order valence-electron chi connectivity index (χ3n) is 16.2. The van der Waals surface area contributed by atoms with Crippen molar-refractivity contribution in [2.45, 2.75) is 170 Å². The summed E-state index contributed by atoms with van der Waals surface area (Å²) in [5, 5.41) is 27.4. The summed E-state index contributed by atoms with van der Waals surface area (Å²) in [6, 6.07) is 0. The topological polar surface area (TPSA) is 102 Å². The molecule has 0 saturated carbocycles. The number of rotatable bonds is 0. The van der Waals surface area contributed by atoms with Crippen molar-refractivity contribution in [3.05, 3.63) is 22.8 Å². The second-order valence-corrected chi connectivity index (χ2v) is 20.1. The Morgan fingerprint density at radius 3 is 0.942 bits per heavy atom. The zero-order chi connectivity index (χ0) is 39.7. The minimum Gasteiger partial charge on any atom is -0.348 e. The largest absolute Gasteiger partial charge is 0.348 e. The first-order chi connectivity index (χ1) is 22.6. The summed E-state index contributed by atoms with van der Waals surface area (Å²) in [5.74, 6) is 1.91. The number of aryl methyl sites for hydroxylation is 3. The molecular weight excluding hydrogens is 649 g/mol. The van der Waals surface area contributed by atoms with Gasteiger partial charge in [-0.15, -0.1) is 10.2 Å². The molecule has 0 bridgehead atoms. The van der Waals surface area contributed by atoms with Crippen LogP contribution in [0.25, 0.3) is 0 Å². The van der Waals surface area contributed by atoms with Crippen molar-refractivity contribution >= 4 is 11.6 Å². The van der Waals surface area contributed by atoms with Crippen LogP contribution < -0.4 is 9.80 Å². The fourth-order valence-corrected chi connectivity index (χ4v) is 8.38. The highest BCUT2D eigenvalue weighted by Crippen LogP contribution is 2.64. The van der Waals surface area contributed by atoms with E-state index in [2.05, 4.69) is 191 Å². The average Bonchev–Trinajstić information content (AvgIpc) is 3.71. The van der Waals surface area contributed by atoms with Crippen molar-refractivity contribution in [2.75, 3.05) is 30.9 Å². The molecule has 3 aliphatic rings. The van der Waals surface area contributed by atoms with Crippen molar-refractivity contribution < 1.29 is 0 Å². The van der Waals surface area contributed by atoms with Crippen LogP contribution in [-0.2, 0) is 42.9 Å². The smallest absolute Gasteiger partial charge is 0.196 e. The van der Waals surface area contributed by atoms with E-state index in [1.54, 1.807) is 14.4 Å². The Morgan fingerprint density at radius 2 is 0.615 bits per heavy atom. The summed E-state index contributed by atoms with van der Waals surface area (Å²) in [7, 11) is 12.0. The molecule has 3 aromatic rings. The van der Waals surface area contributed by atoms with E-state index in [1.165, 1.54) is 11.4 Å². The first kappa shape index (κ1) is 43.4. The van der Waals surface area contributed by atoms with Gasteiger partial charge < -0.3 is 9.80 Å². The van der Waals surface area contributed by atoms with Crippen LogP contribution in [0.5, 0.6) is 0 Å². The quantitative estimate of drug-likeness (QED) is 0.235. The number of anilines is 2. The lowest BCUT2D eigenvalue weighted by Crippen LogP contribution is -2.67. The summed E-state index contributed by atoms with van der Waals surface area (Å²) >= 11 is 0. The number of hydrogen-bond acceptors (Lipinski definition) is 9. The molecule has 0 amide bonds.